The van der Waals surface area contributed by atoms with Crippen molar-refractivity contribution in [2.45, 2.75) is 50.1 Å². The minimum atomic E-state index is -0.144. The van der Waals surface area contributed by atoms with E-state index in [-0.39, 0.29) is 17.6 Å². The normalized spacial score (nSPS) is 16.0. The maximum absolute atomic E-state index is 13.5. The molecule has 5 rings (SSSR count). The molecule has 0 atom stereocenters. The van der Waals surface area contributed by atoms with Crippen LogP contribution in [0.3, 0.4) is 0 Å². The number of piperidine rings is 1. The Labute approximate surface area is 208 Å². The van der Waals surface area contributed by atoms with E-state index in [1.165, 1.54) is 23.1 Å². The van der Waals surface area contributed by atoms with Crippen LogP contribution in [0.25, 0.3) is 10.4 Å². The molecule has 0 bridgehead atoms. The zero-order valence-corrected chi connectivity index (χ0v) is 21.2. The molecule has 1 aromatic carbocycles. The van der Waals surface area contributed by atoms with Crippen LogP contribution < -0.4 is 5.32 Å². The number of aromatic nitrogens is 3. The molecule has 2 amide bonds. The van der Waals surface area contributed by atoms with Crippen LogP contribution in [0, 0.1) is 6.92 Å². The summed E-state index contributed by atoms with van der Waals surface area (Å²) in [5, 5.41) is 13.0. The standard InChI is InChI=1S/C25H29N5O2S2/c1-16-20(24(32)30-13-7-4-8-14-30)23(34-21(16)17-9-5-3-6-10-17)26-19(31)15-33-25-28-27-22(29(25)2)18-11-12-18/h3,5-6,9-10,18H,4,7-8,11-15H2,1-2H3,(H,26,31). The molecule has 178 valence electrons. The van der Waals surface area contributed by atoms with E-state index >= 15 is 0 Å². The number of nitrogens with zero attached hydrogens (tertiary/aromatic N) is 4. The zero-order chi connectivity index (χ0) is 23.7. The molecule has 3 aromatic rings. The molecule has 1 aliphatic carbocycles. The van der Waals surface area contributed by atoms with Gasteiger partial charge in [0.1, 0.15) is 10.8 Å². The first-order valence-electron chi connectivity index (χ1n) is 11.8. The number of rotatable bonds is 7. The largest absolute Gasteiger partial charge is 0.339 e. The van der Waals surface area contributed by atoms with Gasteiger partial charge in [-0.2, -0.15) is 0 Å². The average molecular weight is 496 g/mol. The Kier molecular flexibility index (Phi) is 6.74. The Bertz CT molecular complexity index is 1190. The molecular weight excluding hydrogens is 466 g/mol. The van der Waals surface area contributed by atoms with Gasteiger partial charge in [-0.05, 0) is 50.2 Å². The number of hydrogen-bond acceptors (Lipinski definition) is 6. The number of carbonyl (C=O) groups is 2. The third-order valence-electron chi connectivity index (χ3n) is 6.44. The molecule has 2 aromatic heterocycles. The highest BCUT2D eigenvalue weighted by atomic mass is 32.2. The molecule has 0 unspecified atom stereocenters. The number of thiophene rings is 1. The highest BCUT2D eigenvalue weighted by molar-refractivity contribution is 7.99. The number of anilines is 1. The molecule has 7 nitrogen and oxygen atoms in total. The molecule has 2 aliphatic rings. The summed E-state index contributed by atoms with van der Waals surface area (Å²) in [6, 6.07) is 10.0. The highest BCUT2D eigenvalue weighted by Gasteiger charge is 2.30. The Morgan fingerprint density at radius 2 is 1.85 bits per heavy atom. The van der Waals surface area contributed by atoms with Gasteiger partial charge in [0.15, 0.2) is 5.16 Å². The van der Waals surface area contributed by atoms with Crippen LogP contribution in [0.4, 0.5) is 5.00 Å². The minimum Gasteiger partial charge on any atom is -0.339 e. The van der Waals surface area contributed by atoms with Gasteiger partial charge in [-0.15, -0.1) is 21.5 Å². The van der Waals surface area contributed by atoms with E-state index in [1.54, 1.807) is 0 Å². The fraction of sp³-hybridized carbons (Fsp3) is 0.440. The molecule has 1 saturated carbocycles. The fourth-order valence-corrected chi connectivity index (χ4v) is 6.36. The predicted molar refractivity (Wildman–Crippen MR) is 137 cm³/mol. The lowest BCUT2D eigenvalue weighted by atomic mass is 10.0. The number of nitrogens with one attached hydrogen (secondary N) is 1. The van der Waals surface area contributed by atoms with Crippen molar-refractivity contribution in [1.82, 2.24) is 19.7 Å². The lowest BCUT2D eigenvalue weighted by Gasteiger charge is -2.27. The van der Waals surface area contributed by atoms with Crippen molar-refractivity contribution in [2.75, 3.05) is 24.2 Å². The Balaban J connectivity index is 1.36. The second kappa shape index (κ2) is 9.92. The Hall–Kier alpha value is -2.65. The van der Waals surface area contributed by atoms with Crippen molar-refractivity contribution in [3.63, 3.8) is 0 Å². The first kappa shape index (κ1) is 23.1. The third kappa shape index (κ3) is 4.77. The second-order valence-electron chi connectivity index (χ2n) is 8.99. The number of likely N-dealkylation sites (tertiary alicyclic amines) is 1. The number of carbonyl (C=O) groups excluding carboxylic acids is 2. The van der Waals surface area contributed by atoms with Gasteiger partial charge in [-0.3, -0.25) is 9.59 Å². The van der Waals surface area contributed by atoms with Gasteiger partial charge in [0.05, 0.1) is 11.3 Å². The number of hydrogen-bond donors (Lipinski definition) is 1. The van der Waals surface area contributed by atoms with Gasteiger partial charge in [-0.25, -0.2) is 0 Å². The molecule has 0 radical (unpaired) electrons. The average Bonchev–Trinajstić information content (AvgIpc) is 3.56. The number of thioether (sulfide) groups is 1. The molecule has 1 saturated heterocycles. The summed E-state index contributed by atoms with van der Waals surface area (Å²) in [5.74, 6) is 1.59. The molecule has 34 heavy (non-hydrogen) atoms. The first-order valence-corrected chi connectivity index (χ1v) is 13.6. The van der Waals surface area contributed by atoms with Gasteiger partial charge in [-0.1, -0.05) is 42.1 Å². The van der Waals surface area contributed by atoms with Crippen LogP contribution in [0.5, 0.6) is 0 Å². The SMILES string of the molecule is Cc1c(-c2ccccc2)sc(NC(=O)CSc2nnc(C3CC3)n2C)c1C(=O)N1CCCCC1. The third-order valence-corrected chi connectivity index (χ3v) is 8.71. The summed E-state index contributed by atoms with van der Waals surface area (Å²) in [5.41, 5.74) is 2.61. The van der Waals surface area contributed by atoms with E-state index < -0.39 is 0 Å². The van der Waals surface area contributed by atoms with Crippen molar-refractivity contribution in [3.8, 4) is 10.4 Å². The lowest BCUT2D eigenvalue weighted by molar-refractivity contribution is -0.113. The Morgan fingerprint density at radius 1 is 1.12 bits per heavy atom. The van der Waals surface area contributed by atoms with Crippen LogP contribution in [0.1, 0.15) is 59.8 Å². The molecule has 1 aliphatic heterocycles. The maximum atomic E-state index is 13.5. The van der Waals surface area contributed by atoms with Gasteiger partial charge >= 0.3 is 0 Å². The van der Waals surface area contributed by atoms with Gasteiger partial charge in [0.2, 0.25) is 5.91 Å². The zero-order valence-electron chi connectivity index (χ0n) is 19.5. The Morgan fingerprint density at radius 3 is 2.56 bits per heavy atom. The van der Waals surface area contributed by atoms with Gasteiger partial charge < -0.3 is 14.8 Å². The van der Waals surface area contributed by atoms with E-state index in [0.717, 1.165) is 72.2 Å². The molecule has 0 spiro atoms. The van der Waals surface area contributed by atoms with Crippen molar-refractivity contribution in [3.05, 3.63) is 47.3 Å². The smallest absolute Gasteiger partial charge is 0.257 e. The fourth-order valence-electron chi connectivity index (χ4n) is 4.42. The summed E-state index contributed by atoms with van der Waals surface area (Å²) < 4.78 is 1.99. The summed E-state index contributed by atoms with van der Waals surface area (Å²) in [6.07, 6.45) is 5.53. The van der Waals surface area contributed by atoms with Crippen LogP contribution in [0.15, 0.2) is 35.5 Å². The highest BCUT2D eigenvalue weighted by Crippen LogP contribution is 2.41. The summed E-state index contributed by atoms with van der Waals surface area (Å²) in [4.78, 5) is 29.4. The van der Waals surface area contributed by atoms with Crippen molar-refractivity contribution >= 4 is 39.9 Å². The van der Waals surface area contributed by atoms with E-state index in [9.17, 15) is 9.59 Å². The van der Waals surface area contributed by atoms with E-state index in [2.05, 4.69) is 15.5 Å². The van der Waals surface area contributed by atoms with Crippen LogP contribution >= 0.6 is 23.1 Å². The van der Waals surface area contributed by atoms with Crippen molar-refractivity contribution < 1.29 is 9.59 Å². The topological polar surface area (TPSA) is 80.1 Å². The van der Waals surface area contributed by atoms with Crippen LogP contribution in [0.2, 0.25) is 0 Å². The van der Waals surface area contributed by atoms with Gasteiger partial charge in [0, 0.05) is 30.9 Å². The molecular formula is C25H29N5O2S2. The molecule has 3 heterocycles. The lowest BCUT2D eigenvalue weighted by Crippen LogP contribution is -2.36. The maximum Gasteiger partial charge on any atom is 0.257 e. The van der Waals surface area contributed by atoms with Crippen molar-refractivity contribution in [1.29, 1.82) is 0 Å². The van der Waals surface area contributed by atoms with E-state index in [4.69, 9.17) is 0 Å². The quantitative estimate of drug-likeness (QED) is 0.462. The number of amides is 2. The minimum absolute atomic E-state index is 0.0148. The van der Waals surface area contributed by atoms with Gasteiger partial charge in [0.25, 0.3) is 5.91 Å². The predicted octanol–water partition coefficient (Wildman–Crippen LogP) is 5.09. The van der Waals surface area contributed by atoms with Crippen LogP contribution in [-0.2, 0) is 11.8 Å². The monoisotopic (exact) mass is 495 g/mol. The van der Waals surface area contributed by atoms with Crippen molar-refractivity contribution in [2.24, 2.45) is 7.05 Å². The number of benzene rings is 1. The molecule has 9 heteroatoms. The molecule has 2 fully saturated rings. The summed E-state index contributed by atoms with van der Waals surface area (Å²) >= 11 is 2.86. The van der Waals surface area contributed by atoms with E-state index in [0.29, 0.717) is 16.5 Å². The second-order valence-corrected chi connectivity index (χ2v) is 11.0. The summed E-state index contributed by atoms with van der Waals surface area (Å²) in [7, 11) is 1.96. The van der Waals surface area contributed by atoms with Crippen LogP contribution in [-0.4, -0.2) is 50.3 Å². The van der Waals surface area contributed by atoms with E-state index in [1.807, 2.05) is 53.8 Å². The summed E-state index contributed by atoms with van der Waals surface area (Å²) in [6.45, 7) is 3.53. The first-order chi connectivity index (χ1) is 16.5. The molecule has 1 N–H and O–H groups in total.